The Morgan fingerprint density at radius 3 is 2.28 bits per heavy atom. The van der Waals surface area contributed by atoms with Crippen molar-refractivity contribution in [2.24, 2.45) is 0 Å². The lowest BCUT2D eigenvalue weighted by Crippen LogP contribution is -2.42. The standard InChI is InChI=1S/C24H22N2O6/c1-29-18-11-9-17(10-12-18)23-24(27)26(20-7-5-4-6-19(20)25(23)28)32-15-16-8-13-21(30-2)22(14-16)31-3/h4-14H,15H2,1-3H3. The van der Waals surface area contributed by atoms with Gasteiger partial charge in [0, 0.05) is 6.07 Å². The van der Waals surface area contributed by atoms with Crippen LogP contribution in [0.5, 0.6) is 17.2 Å². The zero-order chi connectivity index (χ0) is 22.7. The monoisotopic (exact) mass is 434 g/mol. The molecule has 8 nitrogen and oxygen atoms in total. The maximum Gasteiger partial charge on any atom is 0.357 e. The van der Waals surface area contributed by atoms with Crippen LogP contribution in [0.25, 0.3) is 22.3 Å². The minimum atomic E-state index is -0.565. The summed E-state index contributed by atoms with van der Waals surface area (Å²) < 4.78 is 17.5. The summed E-state index contributed by atoms with van der Waals surface area (Å²) in [6.07, 6.45) is 0. The second-order valence-electron chi connectivity index (χ2n) is 6.92. The van der Waals surface area contributed by atoms with Crippen molar-refractivity contribution >= 4 is 11.0 Å². The lowest BCUT2D eigenvalue weighted by atomic mass is 10.1. The molecule has 0 radical (unpaired) electrons. The molecule has 0 spiro atoms. The van der Waals surface area contributed by atoms with Gasteiger partial charge < -0.3 is 24.3 Å². The van der Waals surface area contributed by atoms with Crippen molar-refractivity contribution in [1.29, 1.82) is 0 Å². The highest BCUT2D eigenvalue weighted by atomic mass is 16.7. The maximum atomic E-state index is 13.3. The molecule has 1 heterocycles. The highest BCUT2D eigenvalue weighted by Gasteiger charge is 2.23. The number of aromatic nitrogens is 2. The molecule has 0 atom stereocenters. The maximum absolute atomic E-state index is 13.3. The van der Waals surface area contributed by atoms with Gasteiger partial charge in [0.2, 0.25) is 5.52 Å². The van der Waals surface area contributed by atoms with E-state index < -0.39 is 5.56 Å². The van der Waals surface area contributed by atoms with E-state index in [1.807, 2.05) is 6.07 Å². The Balaban J connectivity index is 1.79. The molecular weight excluding hydrogens is 412 g/mol. The Kier molecular flexibility index (Phi) is 5.85. The summed E-state index contributed by atoms with van der Waals surface area (Å²) in [6, 6.07) is 18.8. The normalized spacial score (nSPS) is 10.7. The van der Waals surface area contributed by atoms with Crippen LogP contribution in [0.1, 0.15) is 5.56 Å². The van der Waals surface area contributed by atoms with Gasteiger partial charge in [0.25, 0.3) is 5.69 Å². The lowest BCUT2D eigenvalue weighted by molar-refractivity contribution is -0.566. The van der Waals surface area contributed by atoms with Gasteiger partial charge in [-0.05, 0) is 48.0 Å². The molecule has 1 aromatic heterocycles. The molecule has 164 valence electrons. The molecule has 0 fully saturated rings. The summed E-state index contributed by atoms with van der Waals surface area (Å²) >= 11 is 0. The minimum absolute atomic E-state index is 0.0429. The predicted octanol–water partition coefficient (Wildman–Crippen LogP) is 2.96. The highest BCUT2D eigenvalue weighted by Crippen LogP contribution is 2.27. The van der Waals surface area contributed by atoms with E-state index in [4.69, 9.17) is 19.0 Å². The summed E-state index contributed by atoms with van der Waals surface area (Å²) in [5.41, 5.74) is 1.29. The molecule has 0 amide bonds. The Hall–Kier alpha value is -4.20. The Morgan fingerprint density at radius 2 is 1.59 bits per heavy atom. The van der Waals surface area contributed by atoms with Crippen molar-refractivity contribution in [3.8, 4) is 28.5 Å². The zero-order valence-corrected chi connectivity index (χ0v) is 17.9. The second-order valence-corrected chi connectivity index (χ2v) is 6.92. The molecule has 4 aromatic rings. The molecule has 8 heteroatoms. The quantitative estimate of drug-likeness (QED) is 0.328. The van der Waals surface area contributed by atoms with E-state index in [0.717, 1.165) is 10.3 Å². The Morgan fingerprint density at radius 1 is 0.875 bits per heavy atom. The number of hydrogen-bond acceptors (Lipinski definition) is 6. The fourth-order valence-electron chi connectivity index (χ4n) is 3.45. The lowest BCUT2D eigenvalue weighted by Gasteiger charge is -2.15. The van der Waals surface area contributed by atoms with Gasteiger partial charge in [-0.15, -0.1) is 4.73 Å². The van der Waals surface area contributed by atoms with Crippen LogP contribution in [0.3, 0.4) is 0 Å². The zero-order valence-electron chi connectivity index (χ0n) is 17.9. The van der Waals surface area contributed by atoms with Crippen molar-refractivity contribution < 1.29 is 23.8 Å². The van der Waals surface area contributed by atoms with E-state index >= 15 is 0 Å². The average molecular weight is 434 g/mol. The first-order chi connectivity index (χ1) is 15.6. The van der Waals surface area contributed by atoms with E-state index in [-0.39, 0.29) is 12.3 Å². The fraction of sp³-hybridized carbons (Fsp3) is 0.167. The van der Waals surface area contributed by atoms with Crippen LogP contribution in [0.4, 0.5) is 0 Å². The largest absolute Gasteiger partial charge is 0.618 e. The number of hydrogen-bond donors (Lipinski definition) is 0. The first-order valence-electron chi connectivity index (χ1n) is 9.83. The third kappa shape index (κ3) is 3.78. The van der Waals surface area contributed by atoms with Crippen LogP contribution < -0.4 is 29.3 Å². The van der Waals surface area contributed by atoms with Crippen LogP contribution >= 0.6 is 0 Å². The van der Waals surface area contributed by atoms with Gasteiger partial charge in [-0.2, -0.15) is 4.73 Å². The fourth-order valence-corrected chi connectivity index (χ4v) is 3.45. The van der Waals surface area contributed by atoms with Crippen molar-refractivity contribution in [3.05, 3.63) is 87.9 Å². The third-order valence-electron chi connectivity index (χ3n) is 5.08. The van der Waals surface area contributed by atoms with E-state index in [2.05, 4.69) is 0 Å². The number of rotatable bonds is 7. The van der Waals surface area contributed by atoms with Crippen LogP contribution in [-0.4, -0.2) is 26.1 Å². The molecule has 0 unspecified atom stereocenters. The van der Waals surface area contributed by atoms with Gasteiger partial charge >= 0.3 is 5.56 Å². The summed E-state index contributed by atoms with van der Waals surface area (Å²) in [4.78, 5) is 19.2. The second kappa shape index (κ2) is 8.89. The van der Waals surface area contributed by atoms with E-state index in [0.29, 0.717) is 38.6 Å². The number of ether oxygens (including phenoxy) is 3. The number of nitrogens with zero attached hydrogens (tertiary/aromatic N) is 2. The van der Waals surface area contributed by atoms with Crippen molar-refractivity contribution in [3.63, 3.8) is 0 Å². The highest BCUT2D eigenvalue weighted by molar-refractivity contribution is 5.73. The van der Waals surface area contributed by atoms with Gasteiger partial charge in [-0.25, -0.2) is 0 Å². The van der Waals surface area contributed by atoms with Gasteiger partial charge in [0.05, 0.1) is 26.9 Å². The summed E-state index contributed by atoms with van der Waals surface area (Å²) in [6.45, 7) is 0.0785. The Bertz CT molecular complexity index is 1310. The predicted molar refractivity (Wildman–Crippen MR) is 119 cm³/mol. The Labute approximate surface area is 184 Å². The first kappa shape index (κ1) is 21.0. The van der Waals surface area contributed by atoms with Crippen molar-refractivity contribution in [2.45, 2.75) is 6.61 Å². The molecular formula is C24H22N2O6. The summed E-state index contributed by atoms with van der Waals surface area (Å²) in [5, 5.41) is 13.1. The molecule has 0 saturated heterocycles. The number of benzene rings is 3. The molecule has 0 N–H and O–H groups in total. The van der Waals surface area contributed by atoms with Gasteiger partial charge in [-0.3, -0.25) is 4.79 Å². The number of para-hydroxylation sites is 2. The van der Waals surface area contributed by atoms with Crippen LogP contribution in [0.2, 0.25) is 0 Å². The van der Waals surface area contributed by atoms with E-state index in [9.17, 15) is 10.0 Å². The van der Waals surface area contributed by atoms with Gasteiger partial charge in [0.15, 0.2) is 17.0 Å². The molecule has 0 aliphatic heterocycles. The summed E-state index contributed by atoms with van der Waals surface area (Å²) in [7, 11) is 4.65. The van der Waals surface area contributed by atoms with Gasteiger partial charge in [-0.1, -0.05) is 18.2 Å². The van der Waals surface area contributed by atoms with E-state index in [1.165, 1.54) is 0 Å². The van der Waals surface area contributed by atoms with Crippen molar-refractivity contribution in [1.82, 2.24) is 4.73 Å². The molecule has 32 heavy (non-hydrogen) atoms. The molecule has 3 aromatic carbocycles. The average Bonchev–Trinajstić information content (AvgIpc) is 2.84. The topological polar surface area (TPSA) is 85.9 Å². The van der Waals surface area contributed by atoms with Crippen LogP contribution in [0, 0.1) is 5.21 Å². The minimum Gasteiger partial charge on any atom is -0.618 e. The van der Waals surface area contributed by atoms with Crippen LogP contribution in [0.15, 0.2) is 71.5 Å². The SMILES string of the molecule is COc1ccc(-c2c(=O)n(OCc3ccc(OC)c(OC)c3)c3ccccc3[n+]2[O-])cc1. The third-order valence-corrected chi connectivity index (χ3v) is 5.08. The number of fused-ring (bicyclic) bond motifs is 1. The van der Waals surface area contributed by atoms with Crippen LogP contribution in [-0.2, 0) is 6.61 Å². The first-order valence-corrected chi connectivity index (χ1v) is 9.83. The van der Waals surface area contributed by atoms with Crippen molar-refractivity contribution in [2.75, 3.05) is 21.3 Å². The molecule has 0 saturated carbocycles. The molecule has 0 aliphatic rings. The van der Waals surface area contributed by atoms with Gasteiger partial charge in [0.1, 0.15) is 12.4 Å². The number of methoxy groups -OCH3 is 3. The summed E-state index contributed by atoms with van der Waals surface area (Å²) in [5.74, 6) is 1.76. The molecule has 0 aliphatic carbocycles. The molecule has 0 bridgehead atoms. The smallest absolute Gasteiger partial charge is 0.357 e. The van der Waals surface area contributed by atoms with E-state index in [1.54, 1.807) is 82.0 Å². The molecule has 4 rings (SSSR count).